The van der Waals surface area contributed by atoms with Crippen LogP contribution in [0.2, 0.25) is 0 Å². The first-order chi connectivity index (χ1) is 11.6. The van der Waals surface area contributed by atoms with E-state index in [1.807, 2.05) is 6.07 Å². The Balaban J connectivity index is 1.44. The molecule has 7 nitrogen and oxygen atoms in total. The molecule has 7 heteroatoms. The van der Waals surface area contributed by atoms with Crippen molar-refractivity contribution >= 4 is 6.03 Å². The number of urea groups is 1. The van der Waals surface area contributed by atoms with Crippen molar-refractivity contribution in [3.05, 3.63) is 47.6 Å². The molecule has 3 rings (SSSR count). The first-order valence-corrected chi connectivity index (χ1v) is 8.24. The Labute approximate surface area is 141 Å². The smallest absolute Gasteiger partial charge is 0.315 e. The first-order valence-electron chi connectivity index (χ1n) is 8.24. The van der Waals surface area contributed by atoms with Crippen LogP contribution in [0.4, 0.5) is 4.79 Å². The minimum absolute atomic E-state index is 0.153. The number of hydrogen-bond donors (Lipinski definition) is 2. The zero-order valence-electron chi connectivity index (χ0n) is 14.0. The number of benzene rings is 1. The third-order valence-electron chi connectivity index (χ3n) is 4.35. The van der Waals surface area contributed by atoms with E-state index in [2.05, 4.69) is 56.9 Å². The van der Waals surface area contributed by atoms with Gasteiger partial charge in [-0.1, -0.05) is 35.5 Å². The number of nitrogens with zero attached hydrogens (tertiary/aromatic N) is 3. The predicted molar refractivity (Wildman–Crippen MR) is 89.2 cm³/mol. The van der Waals surface area contributed by atoms with Crippen LogP contribution >= 0.6 is 0 Å². The lowest BCUT2D eigenvalue weighted by Crippen LogP contribution is -2.43. The number of hydrogen-bond acceptors (Lipinski definition) is 5. The molecule has 0 radical (unpaired) electrons. The van der Waals surface area contributed by atoms with Gasteiger partial charge in [0.05, 0.1) is 6.54 Å². The fourth-order valence-electron chi connectivity index (χ4n) is 3.00. The molecule has 2 aromatic rings. The zero-order valence-corrected chi connectivity index (χ0v) is 14.0. The fourth-order valence-corrected chi connectivity index (χ4v) is 3.00. The highest BCUT2D eigenvalue weighted by Crippen LogP contribution is 2.24. The van der Waals surface area contributed by atoms with Gasteiger partial charge in [0.1, 0.15) is 0 Å². The van der Waals surface area contributed by atoms with Crippen LogP contribution in [0.25, 0.3) is 0 Å². The number of aryl methyl sites for hydroxylation is 1. The first kappa shape index (κ1) is 16.4. The summed E-state index contributed by atoms with van der Waals surface area (Å²) in [7, 11) is 0. The highest BCUT2D eigenvalue weighted by molar-refractivity contribution is 5.74. The third-order valence-corrected chi connectivity index (χ3v) is 4.35. The number of carbonyl (C=O) groups is 1. The summed E-state index contributed by atoms with van der Waals surface area (Å²) < 4.78 is 4.97. The summed E-state index contributed by atoms with van der Waals surface area (Å²) >= 11 is 0. The lowest BCUT2D eigenvalue weighted by Gasteiger charge is -2.24. The second-order valence-electron chi connectivity index (χ2n) is 6.13. The minimum atomic E-state index is -0.204. The van der Waals surface area contributed by atoms with Crippen molar-refractivity contribution in [2.75, 3.05) is 13.1 Å². The Kier molecular flexibility index (Phi) is 5.10. The number of likely N-dealkylation sites (tertiary alicyclic amines) is 1. The van der Waals surface area contributed by atoms with E-state index in [1.165, 1.54) is 5.56 Å². The lowest BCUT2D eigenvalue weighted by molar-refractivity contribution is 0.230. The second kappa shape index (κ2) is 7.44. The van der Waals surface area contributed by atoms with Gasteiger partial charge < -0.3 is 15.2 Å². The molecule has 0 saturated carbocycles. The molecule has 1 aromatic heterocycles. The molecule has 1 aromatic carbocycles. The SMILES string of the molecule is Cc1noc(CNC(=O)N[C@@H]2CCN([C@H](C)c3ccccc3)C2)n1. The summed E-state index contributed by atoms with van der Waals surface area (Å²) in [6.45, 7) is 6.01. The van der Waals surface area contributed by atoms with Crippen molar-refractivity contribution in [1.82, 2.24) is 25.7 Å². The molecule has 2 N–H and O–H groups in total. The van der Waals surface area contributed by atoms with Gasteiger partial charge in [-0.05, 0) is 25.8 Å². The van der Waals surface area contributed by atoms with Gasteiger partial charge in [-0.15, -0.1) is 0 Å². The van der Waals surface area contributed by atoms with Crippen LogP contribution in [0.15, 0.2) is 34.9 Å². The molecule has 0 spiro atoms. The highest BCUT2D eigenvalue weighted by Gasteiger charge is 2.27. The summed E-state index contributed by atoms with van der Waals surface area (Å²) in [6.07, 6.45) is 0.949. The molecule has 2 amide bonds. The highest BCUT2D eigenvalue weighted by atomic mass is 16.5. The summed E-state index contributed by atoms with van der Waals surface area (Å²) in [4.78, 5) is 18.4. The molecule has 2 atom stereocenters. The molecule has 1 fully saturated rings. The van der Waals surface area contributed by atoms with Crippen LogP contribution < -0.4 is 10.6 Å². The van der Waals surface area contributed by atoms with E-state index in [0.29, 0.717) is 17.8 Å². The average Bonchev–Trinajstić information content (AvgIpc) is 3.22. The van der Waals surface area contributed by atoms with E-state index in [1.54, 1.807) is 6.92 Å². The Morgan fingerprint density at radius 1 is 1.42 bits per heavy atom. The summed E-state index contributed by atoms with van der Waals surface area (Å²) in [5.74, 6) is 0.974. The number of nitrogens with one attached hydrogen (secondary N) is 2. The van der Waals surface area contributed by atoms with Crippen molar-refractivity contribution in [3.8, 4) is 0 Å². The van der Waals surface area contributed by atoms with Crippen LogP contribution in [0.1, 0.15) is 36.7 Å². The van der Waals surface area contributed by atoms with E-state index in [0.717, 1.165) is 19.5 Å². The fraction of sp³-hybridized carbons (Fsp3) is 0.471. The van der Waals surface area contributed by atoms with E-state index in [4.69, 9.17) is 4.52 Å². The number of rotatable bonds is 5. The van der Waals surface area contributed by atoms with Crippen LogP contribution in [0, 0.1) is 6.92 Å². The molecule has 0 unspecified atom stereocenters. The largest absolute Gasteiger partial charge is 0.337 e. The molecule has 128 valence electrons. The Morgan fingerprint density at radius 3 is 2.92 bits per heavy atom. The predicted octanol–water partition coefficient (Wildman–Crippen LogP) is 2.01. The molecule has 1 saturated heterocycles. The number of carbonyl (C=O) groups excluding carboxylic acids is 1. The summed E-state index contributed by atoms with van der Waals surface area (Å²) in [6, 6.07) is 10.7. The molecular weight excluding hydrogens is 306 g/mol. The summed E-state index contributed by atoms with van der Waals surface area (Å²) in [5.41, 5.74) is 1.30. The van der Waals surface area contributed by atoms with Gasteiger partial charge in [-0.3, -0.25) is 4.90 Å². The van der Waals surface area contributed by atoms with Crippen molar-refractivity contribution in [2.45, 2.75) is 38.9 Å². The number of amides is 2. The van der Waals surface area contributed by atoms with E-state index in [-0.39, 0.29) is 18.6 Å². The molecule has 1 aliphatic rings. The monoisotopic (exact) mass is 329 g/mol. The Hall–Kier alpha value is -2.41. The molecule has 0 aliphatic carbocycles. The maximum atomic E-state index is 12.0. The van der Waals surface area contributed by atoms with Crippen molar-refractivity contribution < 1.29 is 9.32 Å². The van der Waals surface area contributed by atoms with Crippen LogP contribution in [0.5, 0.6) is 0 Å². The Bertz CT molecular complexity index is 673. The molecule has 1 aliphatic heterocycles. The van der Waals surface area contributed by atoms with Gasteiger partial charge in [0.2, 0.25) is 5.89 Å². The van der Waals surface area contributed by atoms with Crippen molar-refractivity contribution in [3.63, 3.8) is 0 Å². The molecule has 24 heavy (non-hydrogen) atoms. The normalized spacial score (nSPS) is 19.2. The average molecular weight is 329 g/mol. The third kappa shape index (κ3) is 4.11. The summed E-state index contributed by atoms with van der Waals surface area (Å²) in [5, 5.41) is 9.45. The maximum Gasteiger partial charge on any atom is 0.315 e. The van der Waals surface area contributed by atoms with Gasteiger partial charge in [-0.2, -0.15) is 4.98 Å². The van der Waals surface area contributed by atoms with Crippen molar-refractivity contribution in [1.29, 1.82) is 0 Å². The van der Waals surface area contributed by atoms with Crippen LogP contribution in [-0.2, 0) is 6.54 Å². The van der Waals surface area contributed by atoms with Gasteiger partial charge in [-0.25, -0.2) is 4.79 Å². The quantitative estimate of drug-likeness (QED) is 0.877. The lowest BCUT2D eigenvalue weighted by atomic mass is 10.1. The number of aromatic nitrogens is 2. The van der Waals surface area contributed by atoms with Gasteiger partial charge in [0.25, 0.3) is 0 Å². The zero-order chi connectivity index (χ0) is 16.9. The standard InChI is InChI=1S/C17H23N5O2/c1-12(14-6-4-3-5-7-14)22-9-8-15(11-22)20-17(23)18-10-16-19-13(2)21-24-16/h3-7,12,15H,8-11H2,1-2H3,(H2,18,20,23)/t12-,15-/m1/s1. The minimum Gasteiger partial charge on any atom is -0.337 e. The van der Waals surface area contributed by atoms with Crippen LogP contribution in [0.3, 0.4) is 0 Å². The second-order valence-corrected chi connectivity index (χ2v) is 6.13. The topological polar surface area (TPSA) is 83.3 Å². The van der Waals surface area contributed by atoms with Gasteiger partial charge >= 0.3 is 6.03 Å². The van der Waals surface area contributed by atoms with Crippen LogP contribution in [-0.4, -0.2) is 40.2 Å². The van der Waals surface area contributed by atoms with E-state index in [9.17, 15) is 4.79 Å². The van der Waals surface area contributed by atoms with Crippen molar-refractivity contribution in [2.24, 2.45) is 0 Å². The Morgan fingerprint density at radius 2 is 2.21 bits per heavy atom. The molecule has 2 heterocycles. The maximum absolute atomic E-state index is 12.0. The van der Waals surface area contributed by atoms with E-state index < -0.39 is 0 Å². The molecular formula is C17H23N5O2. The van der Waals surface area contributed by atoms with Gasteiger partial charge in [0, 0.05) is 25.2 Å². The van der Waals surface area contributed by atoms with Gasteiger partial charge in [0.15, 0.2) is 5.82 Å². The molecule has 0 bridgehead atoms. The van der Waals surface area contributed by atoms with E-state index >= 15 is 0 Å².